The van der Waals surface area contributed by atoms with Crippen molar-refractivity contribution in [3.05, 3.63) is 0 Å². The zero-order chi connectivity index (χ0) is 30.6. The summed E-state index contributed by atoms with van der Waals surface area (Å²) in [7, 11) is -1.77. The smallest absolute Gasteiger partial charge is 0.306 e. The van der Waals surface area contributed by atoms with Crippen LogP contribution in [0.15, 0.2) is 0 Å². The molecule has 0 heterocycles. The Balaban J connectivity index is 4.01. The van der Waals surface area contributed by atoms with E-state index in [0.717, 1.165) is 31.6 Å². The van der Waals surface area contributed by atoms with Crippen molar-refractivity contribution in [2.24, 2.45) is 5.92 Å². The number of unbranched alkanes of at least 4 members (excludes halogenated alkanes) is 17. The van der Waals surface area contributed by atoms with Crippen LogP contribution in [-0.2, 0) is 23.5 Å². The zero-order valence-electron chi connectivity index (χ0n) is 28.4. The van der Waals surface area contributed by atoms with E-state index in [1.54, 1.807) is 0 Å². The van der Waals surface area contributed by atoms with Crippen molar-refractivity contribution in [3.8, 4) is 0 Å². The number of ether oxygens (including phenoxy) is 2. The SMILES string of the molecule is CCCCCCCCCCCCCC(=O)OCC(CO[Si](C)(C)C)OC(=O)CCCCCCCCCCC(C)CC. The van der Waals surface area contributed by atoms with Gasteiger partial charge in [0.05, 0.1) is 6.61 Å². The highest BCUT2D eigenvalue weighted by Crippen LogP contribution is 2.16. The lowest BCUT2D eigenvalue weighted by molar-refractivity contribution is -0.161. The number of hydrogen-bond donors (Lipinski definition) is 0. The van der Waals surface area contributed by atoms with Crippen molar-refractivity contribution in [1.82, 2.24) is 0 Å². The lowest BCUT2D eigenvalue weighted by atomic mass is 9.99. The van der Waals surface area contributed by atoms with Crippen LogP contribution >= 0.6 is 0 Å². The Morgan fingerprint density at radius 1 is 0.585 bits per heavy atom. The van der Waals surface area contributed by atoms with Gasteiger partial charge in [0.15, 0.2) is 14.4 Å². The molecule has 0 rings (SSSR count). The molecular formula is C35H70O5Si. The van der Waals surface area contributed by atoms with Gasteiger partial charge < -0.3 is 13.9 Å². The van der Waals surface area contributed by atoms with Gasteiger partial charge in [0.2, 0.25) is 0 Å². The maximum absolute atomic E-state index is 12.5. The van der Waals surface area contributed by atoms with E-state index in [1.807, 2.05) is 0 Å². The Morgan fingerprint density at radius 2 is 1.02 bits per heavy atom. The highest BCUT2D eigenvalue weighted by atomic mass is 28.4. The molecule has 0 N–H and O–H groups in total. The standard InChI is InChI=1S/C35H70O5Si/c1-7-9-10-11-12-13-14-15-19-22-25-28-34(36)38-30-33(31-39-41(4,5)6)40-35(37)29-26-23-20-17-16-18-21-24-27-32(3)8-2/h32-33H,7-31H2,1-6H3. The first-order chi connectivity index (χ1) is 19.7. The largest absolute Gasteiger partial charge is 0.462 e. The molecule has 41 heavy (non-hydrogen) atoms. The van der Waals surface area contributed by atoms with E-state index in [4.69, 9.17) is 13.9 Å². The second-order valence-electron chi connectivity index (χ2n) is 13.4. The molecule has 244 valence electrons. The number of carbonyl (C=O) groups is 2. The average Bonchev–Trinajstić information content (AvgIpc) is 2.93. The van der Waals surface area contributed by atoms with Gasteiger partial charge in [-0.1, -0.05) is 143 Å². The third-order valence-corrected chi connectivity index (χ3v) is 8.97. The Morgan fingerprint density at radius 3 is 1.49 bits per heavy atom. The van der Waals surface area contributed by atoms with Gasteiger partial charge >= 0.3 is 11.9 Å². The van der Waals surface area contributed by atoms with E-state index in [2.05, 4.69) is 40.4 Å². The van der Waals surface area contributed by atoms with Gasteiger partial charge in [-0.25, -0.2) is 0 Å². The molecule has 0 aliphatic carbocycles. The molecule has 0 aromatic carbocycles. The summed E-state index contributed by atoms with van der Waals surface area (Å²) in [5.41, 5.74) is 0. The maximum atomic E-state index is 12.5. The van der Waals surface area contributed by atoms with Gasteiger partial charge in [-0.15, -0.1) is 0 Å². The normalized spacial score (nSPS) is 13.2. The molecule has 0 saturated carbocycles. The topological polar surface area (TPSA) is 61.8 Å². The average molecular weight is 599 g/mol. The fourth-order valence-corrected chi connectivity index (χ4v) is 5.61. The number of carbonyl (C=O) groups excluding carboxylic acids is 2. The van der Waals surface area contributed by atoms with Crippen LogP contribution in [0.25, 0.3) is 0 Å². The maximum Gasteiger partial charge on any atom is 0.306 e. The number of hydrogen-bond acceptors (Lipinski definition) is 5. The van der Waals surface area contributed by atoms with Crippen LogP contribution in [0.2, 0.25) is 19.6 Å². The predicted octanol–water partition coefficient (Wildman–Crippen LogP) is 10.9. The van der Waals surface area contributed by atoms with Crippen LogP contribution in [0.1, 0.15) is 168 Å². The lowest BCUT2D eigenvalue weighted by Gasteiger charge is -2.23. The molecular weight excluding hydrogens is 528 g/mol. The Labute approximate surface area is 256 Å². The van der Waals surface area contributed by atoms with Crippen molar-refractivity contribution in [2.75, 3.05) is 13.2 Å². The summed E-state index contributed by atoms with van der Waals surface area (Å²) in [6.45, 7) is 13.6. The molecule has 6 heteroatoms. The summed E-state index contributed by atoms with van der Waals surface area (Å²) in [6.07, 6.45) is 26.5. The summed E-state index contributed by atoms with van der Waals surface area (Å²) in [5, 5.41) is 0. The number of esters is 2. The minimum absolute atomic E-state index is 0.0874. The summed E-state index contributed by atoms with van der Waals surface area (Å²) in [5.74, 6) is 0.457. The van der Waals surface area contributed by atoms with E-state index in [-0.39, 0.29) is 18.5 Å². The van der Waals surface area contributed by atoms with E-state index < -0.39 is 14.4 Å². The van der Waals surface area contributed by atoms with Crippen LogP contribution in [0, 0.1) is 5.92 Å². The van der Waals surface area contributed by atoms with Crippen LogP contribution in [-0.4, -0.2) is 39.6 Å². The van der Waals surface area contributed by atoms with Gasteiger partial charge in [-0.3, -0.25) is 9.59 Å². The van der Waals surface area contributed by atoms with Gasteiger partial charge in [0.1, 0.15) is 6.61 Å². The first kappa shape index (κ1) is 40.1. The molecule has 0 aliphatic heterocycles. The minimum atomic E-state index is -1.77. The van der Waals surface area contributed by atoms with Crippen LogP contribution < -0.4 is 0 Å². The Kier molecular flexibility index (Phi) is 27.3. The first-order valence-corrected chi connectivity index (χ1v) is 21.1. The molecule has 5 nitrogen and oxygen atoms in total. The second kappa shape index (κ2) is 27.9. The van der Waals surface area contributed by atoms with E-state index in [9.17, 15) is 9.59 Å². The third kappa shape index (κ3) is 30.4. The molecule has 0 bridgehead atoms. The van der Waals surface area contributed by atoms with E-state index >= 15 is 0 Å². The van der Waals surface area contributed by atoms with Gasteiger partial charge in [0.25, 0.3) is 0 Å². The van der Waals surface area contributed by atoms with Crippen LogP contribution in [0.4, 0.5) is 0 Å². The fraction of sp³-hybridized carbons (Fsp3) is 0.943. The zero-order valence-corrected chi connectivity index (χ0v) is 29.4. The highest BCUT2D eigenvalue weighted by Gasteiger charge is 2.22. The minimum Gasteiger partial charge on any atom is -0.462 e. The monoisotopic (exact) mass is 598 g/mol. The second-order valence-corrected chi connectivity index (χ2v) is 17.9. The Bertz CT molecular complexity index is 604. The molecule has 0 fully saturated rings. The van der Waals surface area contributed by atoms with Crippen molar-refractivity contribution in [2.45, 2.75) is 194 Å². The molecule has 0 amide bonds. The van der Waals surface area contributed by atoms with Gasteiger partial charge in [0, 0.05) is 12.8 Å². The highest BCUT2D eigenvalue weighted by molar-refractivity contribution is 6.69. The molecule has 0 saturated heterocycles. The lowest BCUT2D eigenvalue weighted by Crippen LogP contribution is -2.35. The first-order valence-electron chi connectivity index (χ1n) is 17.7. The predicted molar refractivity (Wildman–Crippen MR) is 177 cm³/mol. The molecule has 2 atom stereocenters. The van der Waals surface area contributed by atoms with Crippen LogP contribution in [0.5, 0.6) is 0 Å². The number of rotatable bonds is 30. The summed E-state index contributed by atoms with van der Waals surface area (Å²) in [4.78, 5) is 24.8. The molecule has 0 aromatic heterocycles. The molecule has 0 radical (unpaired) electrons. The van der Waals surface area contributed by atoms with Crippen LogP contribution in [0.3, 0.4) is 0 Å². The quantitative estimate of drug-likeness (QED) is 0.0467. The van der Waals surface area contributed by atoms with Gasteiger partial charge in [-0.05, 0) is 38.4 Å². The van der Waals surface area contributed by atoms with Crippen molar-refractivity contribution in [1.29, 1.82) is 0 Å². The molecule has 2 unspecified atom stereocenters. The van der Waals surface area contributed by atoms with Crippen molar-refractivity contribution < 1.29 is 23.5 Å². The fourth-order valence-electron chi connectivity index (χ4n) is 4.92. The Hall–Kier alpha value is -0.883. The molecule has 0 spiro atoms. The van der Waals surface area contributed by atoms with E-state index in [1.165, 1.54) is 109 Å². The van der Waals surface area contributed by atoms with Crippen molar-refractivity contribution >= 4 is 20.3 Å². The molecule has 0 aromatic rings. The summed E-state index contributed by atoms with van der Waals surface area (Å²) >= 11 is 0. The van der Waals surface area contributed by atoms with E-state index in [0.29, 0.717) is 19.4 Å². The summed E-state index contributed by atoms with van der Waals surface area (Å²) < 4.78 is 17.2. The van der Waals surface area contributed by atoms with Crippen molar-refractivity contribution in [3.63, 3.8) is 0 Å². The summed E-state index contributed by atoms with van der Waals surface area (Å²) in [6, 6.07) is 0. The molecule has 0 aliphatic rings. The van der Waals surface area contributed by atoms with Gasteiger partial charge in [-0.2, -0.15) is 0 Å². The third-order valence-electron chi connectivity index (χ3n) is 7.94.